The molecule has 0 fully saturated rings. The van der Waals surface area contributed by atoms with Gasteiger partial charge in [-0.05, 0) is 38.5 Å². The number of nitrogens with one attached hydrogen (secondary N) is 1. The molecule has 0 aliphatic carbocycles. The van der Waals surface area contributed by atoms with Crippen molar-refractivity contribution in [1.82, 2.24) is 0 Å². The molecule has 6 heteroatoms. The second-order valence-corrected chi connectivity index (χ2v) is 4.77. The number of hydrogen-bond donors (Lipinski definition) is 1. The van der Waals surface area contributed by atoms with Gasteiger partial charge in [0.15, 0.2) is 0 Å². The zero-order valence-corrected chi connectivity index (χ0v) is 11.8. The number of halogens is 3. The molecule has 1 N–H and O–H groups in total. The van der Waals surface area contributed by atoms with Crippen molar-refractivity contribution in [3.05, 3.63) is 29.3 Å². The maximum atomic E-state index is 12.7. The summed E-state index contributed by atoms with van der Waals surface area (Å²) in [5.74, 6) is -0.872. The monoisotopic (exact) mass is 289 g/mol. The molecule has 0 heterocycles. The topological polar surface area (TPSA) is 38.3 Å². The lowest BCUT2D eigenvalue weighted by Crippen LogP contribution is -2.31. The lowest BCUT2D eigenvalue weighted by atomic mass is 10.0. The van der Waals surface area contributed by atoms with Crippen LogP contribution in [0.15, 0.2) is 18.2 Å². The van der Waals surface area contributed by atoms with Crippen molar-refractivity contribution < 1.29 is 22.7 Å². The molecule has 0 saturated carbocycles. The largest absolute Gasteiger partial charge is 0.469 e. The van der Waals surface area contributed by atoms with Crippen LogP contribution in [0, 0.1) is 12.8 Å². The molecule has 0 aliphatic rings. The summed E-state index contributed by atoms with van der Waals surface area (Å²) in [5, 5.41) is 2.94. The molecule has 20 heavy (non-hydrogen) atoms. The summed E-state index contributed by atoms with van der Waals surface area (Å²) in [4.78, 5) is 11.4. The van der Waals surface area contributed by atoms with E-state index in [1.54, 1.807) is 20.8 Å². The van der Waals surface area contributed by atoms with Crippen LogP contribution >= 0.6 is 0 Å². The molecule has 0 aliphatic heterocycles. The molecule has 112 valence electrons. The Labute approximate surface area is 116 Å². The fourth-order valence-corrected chi connectivity index (χ4v) is 1.71. The fourth-order valence-electron chi connectivity index (χ4n) is 1.71. The van der Waals surface area contributed by atoms with Crippen molar-refractivity contribution in [2.45, 2.75) is 33.0 Å². The zero-order valence-electron chi connectivity index (χ0n) is 11.8. The van der Waals surface area contributed by atoms with Crippen molar-refractivity contribution in [2.24, 2.45) is 5.92 Å². The molecule has 0 aromatic heterocycles. The van der Waals surface area contributed by atoms with Crippen LogP contribution in [-0.2, 0) is 15.7 Å². The van der Waals surface area contributed by atoms with Crippen molar-refractivity contribution in [3.8, 4) is 0 Å². The molecular formula is C14H18F3NO2. The molecule has 0 radical (unpaired) electrons. The van der Waals surface area contributed by atoms with E-state index in [0.717, 1.165) is 12.1 Å². The third-order valence-electron chi connectivity index (χ3n) is 3.27. The van der Waals surface area contributed by atoms with E-state index < -0.39 is 23.6 Å². The number of alkyl halides is 3. The number of methoxy groups -OCH3 is 1. The molecule has 0 spiro atoms. The van der Waals surface area contributed by atoms with Gasteiger partial charge >= 0.3 is 12.1 Å². The molecule has 2 unspecified atom stereocenters. The van der Waals surface area contributed by atoms with Crippen LogP contribution in [0.5, 0.6) is 0 Å². The minimum atomic E-state index is -4.39. The van der Waals surface area contributed by atoms with Gasteiger partial charge in [0, 0.05) is 11.7 Å². The van der Waals surface area contributed by atoms with E-state index in [-0.39, 0.29) is 6.04 Å². The van der Waals surface area contributed by atoms with Gasteiger partial charge < -0.3 is 10.1 Å². The predicted octanol–water partition coefficient (Wildman–Crippen LogP) is 3.62. The molecule has 1 aromatic rings. The van der Waals surface area contributed by atoms with Gasteiger partial charge in [-0.25, -0.2) is 0 Å². The second-order valence-electron chi connectivity index (χ2n) is 4.77. The lowest BCUT2D eigenvalue weighted by molar-refractivity contribution is -0.145. The molecule has 0 bridgehead atoms. The Morgan fingerprint density at radius 3 is 2.40 bits per heavy atom. The average Bonchev–Trinajstić information content (AvgIpc) is 2.38. The first-order chi connectivity index (χ1) is 9.16. The van der Waals surface area contributed by atoms with Crippen molar-refractivity contribution in [3.63, 3.8) is 0 Å². The van der Waals surface area contributed by atoms with E-state index in [2.05, 4.69) is 10.1 Å². The first kappa shape index (κ1) is 16.3. The quantitative estimate of drug-likeness (QED) is 0.860. The van der Waals surface area contributed by atoms with Crippen LogP contribution in [0.25, 0.3) is 0 Å². The maximum Gasteiger partial charge on any atom is 0.416 e. The van der Waals surface area contributed by atoms with Gasteiger partial charge in [-0.3, -0.25) is 4.79 Å². The summed E-state index contributed by atoms with van der Waals surface area (Å²) >= 11 is 0. The normalized spacial score (nSPS) is 14.6. The average molecular weight is 289 g/mol. The molecular weight excluding hydrogens is 271 g/mol. The number of benzene rings is 1. The molecule has 1 aromatic carbocycles. The highest BCUT2D eigenvalue weighted by molar-refractivity contribution is 5.73. The maximum absolute atomic E-state index is 12.7. The summed E-state index contributed by atoms with van der Waals surface area (Å²) in [6, 6.07) is 3.15. The van der Waals surface area contributed by atoms with Crippen LogP contribution < -0.4 is 5.32 Å². The van der Waals surface area contributed by atoms with E-state index in [9.17, 15) is 18.0 Å². The van der Waals surface area contributed by atoms with Crippen molar-refractivity contribution >= 4 is 11.7 Å². The highest BCUT2D eigenvalue weighted by Gasteiger charge is 2.31. The Morgan fingerprint density at radius 1 is 1.30 bits per heavy atom. The van der Waals surface area contributed by atoms with Gasteiger partial charge in [0.2, 0.25) is 0 Å². The third-order valence-corrected chi connectivity index (χ3v) is 3.27. The Bertz CT molecular complexity index is 486. The number of carbonyl (C=O) groups excluding carboxylic acids is 1. The molecule has 0 saturated heterocycles. The molecule has 2 atom stereocenters. The fraction of sp³-hybridized carbons (Fsp3) is 0.500. The molecule has 0 amide bonds. The van der Waals surface area contributed by atoms with Crippen LogP contribution in [0.4, 0.5) is 18.9 Å². The Kier molecular flexibility index (Phi) is 5.03. The molecule has 1 rings (SSSR count). The van der Waals surface area contributed by atoms with Crippen LogP contribution in [0.2, 0.25) is 0 Å². The van der Waals surface area contributed by atoms with E-state index in [0.29, 0.717) is 11.3 Å². The Hall–Kier alpha value is -1.72. The van der Waals surface area contributed by atoms with Gasteiger partial charge in [0.1, 0.15) is 0 Å². The van der Waals surface area contributed by atoms with Gasteiger partial charge in [-0.1, -0.05) is 6.07 Å². The lowest BCUT2D eigenvalue weighted by Gasteiger charge is -2.22. The highest BCUT2D eigenvalue weighted by Crippen LogP contribution is 2.32. The summed E-state index contributed by atoms with van der Waals surface area (Å²) in [5.41, 5.74) is 0.327. The van der Waals surface area contributed by atoms with Gasteiger partial charge in [0.05, 0.1) is 18.6 Å². The standard InChI is InChI=1S/C14H18F3NO2/c1-8-5-6-11(14(15,16)17)7-12(8)18-10(3)9(2)13(19)20-4/h5-7,9-10,18H,1-4H3. The number of rotatable bonds is 4. The third kappa shape index (κ3) is 3.88. The smallest absolute Gasteiger partial charge is 0.416 e. The number of esters is 1. The minimum absolute atomic E-state index is 0.343. The van der Waals surface area contributed by atoms with Crippen LogP contribution in [-0.4, -0.2) is 19.1 Å². The SMILES string of the molecule is COC(=O)C(C)C(C)Nc1cc(C(F)(F)F)ccc1C. The van der Waals surface area contributed by atoms with E-state index in [1.165, 1.54) is 13.2 Å². The number of hydrogen-bond acceptors (Lipinski definition) is 3. The number of carbonyl (C=O) groups is 1. The Morgan fingerprint density at radius 2 is 1.90 bits per heavy atom. The summed E-state index contributed by atoms with van der Waals surface area (Å²) in [6.45, 7) is 5.09. The number of aryl methyl sites for hydroxylation is 1. The van der Waals surface area contributed by atoms with E-state index in [1.807, 2.05) is 0 Å². The molecule has 3 nitrogen and oxygen atoms in total. The van der Waals surface area contributed by atoms with Gasteiger partial charge in [-0.2, -0.15) is 13.2 Å². The van der Waals surface area contributed by atoms with Gasteiger partial charge in [0.25, 0.3) is 0 Å². The summed E-state index contributed by atoms with van der Waals surface area (Å²) in [7, 11) is 1.28. The predicted molar refractivity (Wildman–Crippen MR) is 70.4 cm³/mol. The van der Waals surface area contributed by atoms with E-state index >= 15 is 0 Å². The minimum Gasteiger partial charge on any atom is -0.469 e. The summed E-state index contributed by atoms with van der Waals surface area (Å²) < 4.78 is 42.6. The summed E-state index contributed by atoms with van der Waals surface area (Å²) in [6.07, 6.45) is -4.39. The van der Waals surface area contributed by atoms with Crippen LogP contribution in [0.3, 0.4) is 0 Å². The first-order valence-corrected chi connectivity index (χ1v) is 6.19. The van der Waals surface area contributed by atoms with Gasteiger partial charge in [-0.15, -0.1) is 0 Å². The zero-order chi connectivity index (χ0) is 15.5. The number of anilines is 1. The number of ether oxygens (including phenoxy) is 1. The Balaban J connectivity index is 2.94. The van der Waals surface area contributed by atoms with Crippen LogP contribution in [0.1, 0.15) is 25.0 Å². The first-order valence-electron chi connectivity index (χ1n) is 6.19. The second kappa shape index (κ2) is 6.15. The van der Waals surface area contributed by atoms with Crippen molar-refractivity contribution in [2.75, 3.05) is 12.4 Å². The van der Waals surface area contributed by atoms with Crippen molar-refractivity contribution in [1.29, 1.82) is 0 Å². The van der Waals surface area contributed by atoms with E-state index in [4.69, 9.17) is 0 Å². The highest BCUT2D eigenvalue weighted by atomic mass is 19.4.